The lowest BCUT2D eigenvalue weighted by atomic mass is 10.1. The number of hydrogen-bond acceptors (Lipinski definition) is 3. The number of hydrogen-bond donors (Lipinski definition) is 2. The van der Waals surface area contributed by atoms with E-state index < -0.39 is 0 Å². The second-order valence-corrected chi connectivity index (χ2v) is 4.87. The van der Waals surface area contributed by atoms with Crippen LogP contribution in [0.1, 0.15) is 16.1 Å². The average molecular weight is 242 g/mol. The summed E-state index contributed by atoms with van der Waals surface area (Å²) >= 11 is 1.48. The molecule has 1 aliphatic rings. The molecule has 0 aliphatic carbocycles. The predicted molar refractivity (Wildman–Crippen MR) is 69.8 cm³/mol. The predicted octanol–water partition coefficient (Wildman–Crippen LogP) is 2.93. The molecule has 17 heavy (non-hydrogen) atoms. The van der Waals surface area contributed by atoms with Crippen LogP contribution in [0, 0.1) is 0 Å². The van der Waals surface area contributed by atoms with Crippen molar-refractivity contribution in [3.8, 4) is 0 Å². The molecule has 1 aromatic heterocycles. The van der Waals surface area contributed by atoms with Gasteiger partial charge in [0.1, 0.15) is 5.69 Å². The Bertz CT molecular complexity index is 628. The van der Waals surface area contributed by atoms with Crippen LogP contribution in [-0.2, 0) is 0 Å². The molecule has 0 saturated heterocycles. The number of aromatic nitrogens is 1. The lowest BCUT2D eigenvalue weighted by Gasteiger charge is -2.00. The third-order valence-corrected chi connectivity index (χ3v) is 3.75. The van der Waals surface area contributed by atoms with Gasteiger partial charge in [0.05, 0.1) is 4.91 Å². The number of fused-ring (bicyclic) bond motifs is 1. The smallest absolute Gasteiger partial charge is 0.217 e. The van der Waals surface area contributed by atoms with Gasteiger partial charge in [-0.2, -0.15) is 0 Å². The van der Waals surface area contributed by atoms with Crippen LogP contribution in [0.5, 0.6) is 0 Å². The van der Waals surface area contributed by atoms with Gasteiger partial charge in [0.25, 0.3) is 0 Å². The van der Waals surface area contributed by atoms with E-state index in [0.717, 1.165) is 10.5 Å². The van der Waals surface area contributed by atoms with Crippen molar-refractivity contribution < 1.29 is 4.79 Å². The molecule has 0 saturated carbocycles. The minimum absolute atomic E-state index is 0.0400. The Balaban J connectivity index is 2.01. The van der Waals surface area contributed by atoms with Gasteiger partial charge < -0.3 is 10.7 Å². The molecular weight excluding hydrogens is 232 g/mol. The highest BCUT2D eigenvalue weighted by atomic mass is 32.2. The maximum atomic E-state index is 12.0. The van der Waals surface area contributed by atoms with Crippen LogP contribution in [0.15, 0.2) is 46.3 Å². The van der Waals surface area contributed by atoms with E-state index >= 15 is 0 Å². The molecule has 4 heteroatoms. The van der Waals surface area contributed by atoms with E-state index in [2.05, 4.69) is 4.98 Å². The van der Waals surface area contributed by atoms with Gasteiger partial charge in [-0.25, -0.2) is 0 Å². The summed E-state index contributed by atoms with van der Waals surface area (Å²) in [6, 6.07) is 9.43. The van der Waals surface area contributed by atoms with E-state index in [1.807, 2.05) is 36.4 Å². The Morgan fingerprint density at radius 3 is 2.82 bits per heavy atom. The zero-order chi connectivity index (χ0) is 11.8. The highest BCUT2D eigenvalue weighted by Crippen LogP contribution is 2.40. The average Bonchev–Trinajstić information content (AvgIpc) is 2.87. The molecule has 84 valence electrons. The summed E-state index contributed by atoms with van der Waals surface area (Å²) in [6.45, 7) is 0. The van der Waals surface area contributed by atoms with Crippen molar-refractivity contribution in [1.29, 1.82) is 0 Å². The van der Waals surface area contributed by atoms with Gasteiger partial charge in [-0.15, -0.1) is 0 Å². The summed E-state index contributed by atoms with van der Waals surface area (Å²) in [7, 11) is 0. The monoisotopic (exact) mass is 242 g/mol. The molecule has 0 unspecified atom stereocenters. The number of H-pyrrole nitrogens is 1. The molecule has 0 radical (unpaired) electrons. The van der Waals surface area contributed by atoms with Gasteiger partial charge in [-0.1, -0.05) is 30.0 Å². The minimum Gasteiger partial charge on any atom is -0.398 e. The number of allylic oxidation sites excluding steroid dienone is 1. The third kappa shape index (κ3) is 1.66. The molecule has 0 fully saturated rings. The van der Waals surface area contributed by atoms with Crippen LogP contribution in [-0.4, -0.2) is 10.8 Å². The highest BCUT2D eigenvalue weighted by molar-refractivity contribution is 8.04. The first-order valence-corrected chi connectivity index (χ1v) is 6.03. The number of ketones is 1. The standard InChI is InChI=1S/C13H10N2OS/c14-9-4-2-1-3-8(9)7-11-13(16)12-10(17-11)5-6-15-12/h1-7,15H,14H2/b11-7-. The van der Waals surface area contributed by atoms with E-state index in [-0.39, 0.29) is 5.78 Å². The largest absolute Gasteiger partial charge is 0.398 e. The number of carbonyl (C=O) groups is 1. The van der Waals surface area contributed by atoms with Gasteiger partial charge in [-0.05, 0) is 23.8 Å². The van der Waals surface area contributed by atoms with E-state index in [9.17, 15) is 4.79 Å². The molecular formula is C13H10N2OS. The Kier molecular flexibility index (Phi) is 2.30. The second kappa shape index (κ2) is 3.82. The molecule has 0 spiro atoms. The molecule has 0 amide bonds. The first-order valence-electron chi connectivity index (χ1n) is 5.22. The Hall–Kier alpha value is -1.94. The van der Waals surface area contributed by atoms with Gasteiger partial charge in [0.15, 0.2) is 0 Å². The number of Topliss-reactive ketones (excluding diaryl/α,β-unsaturated/α-hetero) is 1. The van der Waals surface area contributed by atoms with Crippen molar-refractivity contribution in [3.05, 3.63) is 52.7 Å². The Labute approximate surface area is 103 Å². The number of nitrogen functional groups attached to an aromatic ring is 1. The SMILES string of the molecule is Nc1ccccc1/C=C1\Sc2cc[nH]c2C1=O. The van der Waals surface area contributed by atoms with E-state index in [0.29, 0.717) is 16.3 Å². The molecule has 0 bridgehead atoms. The zero-order valence-corrected chi connectivity index (χ0v) is 9.75. The van der Waals surface area contributed by atoms with Crippen LogP contribution in [0.4, 0.5) is 5.69 Å². The topological polar surface area (TPSA) is 58.9 Å². The molecule has 3 N–H and O–H groups in total. The zero-order valence-electron chi connectivity index (χ0n) is 8.94. The maximum Gasteiger partial charge on any atom is 0.217 e. The van der Waals surface area contributed by atoms with Crippen LogP contribution in [0.25, 0.3) is 6.08 Å². The van der Waals surface area contributed by atoms with E-state index in [1.165, 1.54) is 11.8 Å². The summed E-state index contributed by atoms with van der Waals surface area (Å²) in [4.78, 5) is 16.7. The van der Waals surface area contributed by atoms with Crippen LogP contribution in [0.2, 0.25) is 0 Å². The fourth-order valence-corrected chi connectivity index (χ4v) is 2.79. The van der Waals surface area contributed by atoms with Crippen LogP contribution < -0.4 is 5.73 Å². The van der Waals surface area contributed by atoms with Crippen LogP contribution >= 0.6 is 11.8 Å². The number of carbonyl (C=O) groups excluding carboxylic acids is 1. The maximum absolute atomic E-state index is 12.0. The van der Waals surface area contributed by atoms with Crippen molar-refractivity contribution in [1.82, 2.24) is 4.98 Å². The number of nitrogens with two attached hydrogens (primary N) is 1. The number of para-hydroxylation sites is 1. The van der Waals surface area contributed by atoms with Crippen molar-refractivity contribution in [3.63, 3.8) is 0 Å². The van der Waals surface area contributed by atoms with Gasteiger partial charge in [-0.3, -0.25) is 4.79 Å². The number of benzene rings is 1. The first-order chi connectivity index (χ1) is 8.25. The fraction of sp³-hybridized carbons (Fsp3) is 0. The molecule has 0 atom stereocenters. The summed E-state index contributed by atoms with van der Waals surface area (Å²) in [5.74, 6) is 0.0400. The summed E-state index contributed by atoms with van der Waals surface area (Å²) in [5, 5.41) is 0. The third-order valence-electron chi connectivity index (χ3n) is 2.66. The Morgan fingerprint density at radius 1 is 1.24 bits per heavy atom. The van der Waals surface area contributed by atoms with Gasteiger partial charge >= 0.3 is 0 Å². The molecule has 2 aromatic rings. The Morgan fingerprint density at radius 2 is 2.06 bits per heavy atom. The van der Waals surface area contributed by atoms with Crippen molar-refractivity contribution >= 4 is 29.3 Å². The number of rotatable bonds is 1. The minimum atomic E-state index is 0.0400. The fourth-order valence-electron chi connectivity index (χ4n) is 1.78. The first kappa shape index (κ1) is 10.2. The molecule has 3 nitrogen and oxygen atoms in total. The second-order valence-electron chi connectivity index (χ2n) is 3.79. The van der Waals surface area contributed by atoms with Crippen molar-refractivity contribution in [2.24, 2.45) is 0 Å². The number of aromatic amines is 1. The molecule has 2 heterocycles. The lowest BCUT2D eigenvalue weighted by molar-refractivity contribution is 0.104. The lowest BCUT2D eigenvalue weighted by Crippen LogP contribution is -1.96. The van der Waals surface area contributed by atoms with E-state index in [4.69, 9.17) is 5.73 Å². The number of thioether (sulfide) groups is 1. The van der Waals surface area contributed by atoms with Gasteiger partial charge in [0, 0.05) is 16.8 Å². The summed E-state index contributed by atoms with van der Waals surface area (Å²) in [6.07, 6.45) is 3.62. The van der Waals surface area contributed by atoms with Gasteiger partial charge in [0.2, 0.25) is 5.78 Å². The quantitative estimate of drug-likeness (QED) is 0.597. The van der Waals surface area contributed by atoms with Crippen LogP contribution in [0.3, 0.4) is 0 Å². The summed E-state index contributed by atoms with van der Waals surface area (Å²) in [5.41, 5.74) is 8.10. The normalized spacial score (nSPS) is 16.5. The summed E-state index contributed by atoms with van der Waals surface area (Å²) < 4.78 is 0. The van der Waals surface area contributed by atoms with Crippen molar-refractivity contribution in [2.75, 3.05) is 5.73 Å². The number of nitrogens with one attached hydrogen (secondary N) is 1. The molecule has 3 rings (SSSR count). The molecule has 1 aromatic carbocycles. The van der Waals surface area contributed by atoms with Crippen molar-refractivity contribution in [2.45, 2.75) is 4.90 Å². The molecule has 1 aliphatic heterocycles. The van der Waals surface area contributed by atoms with E-state index in [1.54, 1.807) is 6.20 Å². The highest BCUT2D eigenvalue weighted by Gasteiger charge is 2.26. The number of anilines is 1.